The second-order valence-corrected chi connectivity index (χ2v) is 12.1. The normalized spacial score (nSPS) is 13.7. The molecule has 0 amide bonds. The largest absolute Gasteiger partial charge is 0.310 e. The number of fused-ring (bicyclic) bond motifs is 6. The first-order valence-electron chi connectivity index (χ1n) is 15.6. The van der Waals surface area contributed by atoms with Gasteiger partial charge in [0.25, 0.3) is 0 Å². The minimum atomic E-state index is 1.04. The zero-order chi connectivity index (χ0) is 28.9. The third kappa shape index (κ3) is 4.39. The third-order valence-corrected chi connectivity index (χ3v) is 9.19. The van der Waals surface area contributed by atoms with Crippen LogP contribution >= 0.6 is 0 Å². The minimum Gasteiger partial charge on any atom is -0.310 e. The van der Waals surface area contributed by atoms with Crippen molar-refractivity contribution < 1.29 is 0 Å². The van der Waals surface area contributed by atoms with Crippen LogP contribution in [0.15, 0.2) is 115 Å². The molecule has 2 aliphatic rings. The monoisotopic (exact) mass is 553 g/mol. The lowest BCUT2D eigenvalue weighted by molar-refractivity contribution is 0.978. The molecule has 0 spiro atoms. The molecule has 6 aromatic carbocycles. The number of rotatable bonds is 4. The van der Waals surface area contributed by atoms with E-state index < -0.39 is 0 Å². The molecular weight excluding hydrogens is 518 g/mol. The first-order valence-corrected chi connectivity index (χ1v) is 15.6. The molecule has 0 atom stereocenters. The topological polar surface area (TPSA) is 3.24 Å². The van der Waals surface area contributed by atoms with Crippen molar-refractivity contribution in [1.29, 1.82) is 0 Å². The average Bonchev–Trinajstić information content (AvgIpc) is 3.04. The predicted octanol–water partition coefficient (Wildman–Crippen LogP) is 11.7. The van der Waals surface area contributed by atoms with Gasteiger partial charge in [-0.3, -0.25) is 0 Å². The van der Waals surface area contributed by atoms with E-state index in [0.29, 0.717) is 0 Å². The van der Waals surface area contributed by atoms with Crippen molar-refractivity contribution >= 4 is 50.8 Å². The lowest BCUT2D eigenvalue weighted by atomic mass is 9.80. The minimum absolute atomic E-state index is 1.04. The summed E-state index contributed by atoms with van der Waals surface area (Å²) in [5.74, 6) is 0. The van der Waals surface area contributed by atoms with Gasteiger partial charge in [-0.2, -0.15) is 0 Å². The second kappa shape index (κ2) is 10.4. The van der Waals surface area contributed by atoms with Crippen LogP contribution in [-0.4, -0.2) is 0 Å². The summed E-state index contributed by atoms with van der Waals surface area (Å²) in [7, 11) is 0. The van der Waals surface area contributed by atoms with Crippen molar-refractivity contribution in [2.75, 3.05) is 4.90 Å². The molecular formula is C42H35N. The van der Waals surface area contributed by atoms with Gasteiger partial charge in [-0.15, -0.1) is 0 Å². The van der Waals surface area contributed by atoms with E-state index in [1.165, 1.54) is 83.1 Å². The summed E-state index contributed by atoms with van der Waals surface area (Å²) < 4.78 is 0. The molecule has 0 bridgehead atoms. The summed E-state index contributed by atoms with van der Waals surface area (Å²) in [5.41, 5.74) is 14.7. The average molecular weight is 554 g/mol. The Morgan fingerprint density at radius 3 is 2.00 bits per heavy atom. The first kappa shape index (κ1) is 25.8. The van der Waals surface area contributed by atoms with E-state index in [2.05, 4.69) is 146 Å². The summed E-state index contributed by atoms with van der Waals surface area (Å²) in [6.45, 7) is 4.40. The highest BCUT2D eigenvalue weighted by Gasteiger charge is 2.25. The van der Waals surface area contributed by atoms with E-state index in [4.69, 9.17) is 0 Å². The Hall–Kier alpha value is -4.88. The van der Waals surface area contributed by atoms with Gasteiger partial charge in [-0.05, 0) is 142 Å². The lowest BCUT2D eigenvalue weighted by Crippen LogP contribution is -2.15. The number of allylic oxidation sites excluding steroid dienone is 2. The molecule has 0 radical (unpaired) electrons. The molecule has 0 aromatic heterocycles. The first-order chi connectivity index (χ1) is 21.2. The Kier molecular flexibility index (Phi) is 6.26. The summed E-state index contributed by atoms with van der Waals surface area (Å²) >= 11 is 0. The van der Waals surface area contributed by atoms with Gasteiger partial charge in [-0.1, -0.05) is 91.0 Å². The molecule has 1 heteroatoms. The zero-order valence-corrected chi connectivity index (χ0v) is 24.9. The smallest absolute Gasteiger partial charge is 0.0506 e. The zero-order valence-electron chi connectivity index (χ0n) is 24.9. The van der Waals surface area contributed by atoms with Crippen molar-refractivity contribution in [3.8, 4) is 11.1 Å². The second-order valence-electron chi connectivity index (χ2n) is 12.1. The molecule has 2 aliphatic carbocycles. The fraction of sp³-hybridized carbons (Fsp3) is 0.143. The van der Waals surface area contributed by atoms with Crippen LogP contribution in [0.5, 0.6) is 0 Å². The fourth-order valence-corrected chi connectivity index (χ4v) is 7.45. The molecule has 0 unspecified atom stereocenters. The number of hydrogen-bond acceptors (Lipinski definition) is 1. The Morgan fingerprint density at radius 1 is 0.535 bits per heavy atom. The van der Waals surface area contributed by atoms with Crippen molar-refractivity contribution in [1.82, 2.24) is 0 Å². The predicted molar refractivity (Wildman–Crippen MR) is 186 cm³/mol. The maximum absolute atomic E-state index is 2.49. The van der Waals surface area contributed by atoms with E-state index in [1.807, 2.05) is 0 Å². The van der Waals surface area contributed by atoms with Crippen molar-refractivity contribution in [3.63, 3.8) is 0 Å². The van der Waals surface area contributed by atoms with Crippen LogP contribution in [-0.2, 0) is 12.8 Å². The van der Waals surface area contributed by atoms with Gasteiger partial charge in [0.15, 0.2) is 0 Å². The SMILES string of the molecule is Cc1cc(C)cc(N(c2ccccc2)c2cc3cc(-c4cccc5ccccc45)c4c(c3c3c2CCC=C3)C=CCC4)c1. The van der Waals surface area contributed by atoms with Gasteiger partial charge in [0.1, 0.15) is 0 Å². The van der Waals surface area contributed by atoms with Gasteiger partial charge >= 0.3 is 0 Å². The summed E-state index contributed by atoms with van der Waals surface area (Å²) in [5, 5.41) is 5.32. The van der Waals surface area contributed by atoms with E-state index in [-0.39, 0.29) is 0 Å². The van der Waals surface area contributed by atoms with Gasteiger partial charge < -0.3 is 4.90 Å². The molecule has 43 heavy (non-hydrogen) atoms. The third-order valence-electron chi connectivity index (χ3n) is 9.19. The molecule has 8 rings (SSSR count). The number of anilines is 3. The quantitative estimate of drug-likeness (QED) is 0.210. The molecule has 1 nitrogen and oxygen atoms in total. The van der Waals surface area contributed by atoms with Crippen LogP contribution in [0.25, 0.3) is 44.8 Å². The van der Waals surface area contributed by atoms with Crippen molar-refractivity contribution in [2.24, 2.45) is 0 Å². The Labute approximate surface area is 254 Å². The molecule has 208 valence electrons. The van der Waals surface area contributed by atoms with Crippen LogP contribution in [0.4, 0.5) is 17.1 Å². The maximum atomic E-state index is 2.49. The number of hydrogen-bond donors (Lipinski definition) is 0. The Morgan fingerprint density at radius 2 is 1.21 bits per heavy atom. The van der Waals surface area contributed by atoms with E-state index in [9.17, 15) is 0 Å². The standard InChI is InChI=1S/C42H35N/c1-28-23-29(2)25-33(24-28)43(32-15-4-3-5-16-32)41-27-31-26-40(35-22-12-14-30-13-6-7-17-34(30)35)36-18-8-10-20-38(36)42(31)39-21-11-9-19-37(39)41/h3-7,10-17,20-27H,8-9,18-19H2,1-2H3. The van der Waals surface area contributed by atoms with Gasteiger partial charge in [0.2, 0.25) is 0 Å². The molecule has 0 saturated carbocycles. The molecule has 0 heterocycles. The molecule has 0 fully saturated rings. The highest BCUT2D eigenvalue weighted by molar-refractivity contribution is 6.08. The van der Waals surface area contributed by atoms with Gasteiger partial charge in [0.05, 0.1) is 5.69 Å². The number of para-hydroxylation sites is 1. The number of nitrogens with zero attached hydrogens (tertiary/aromatic N) is 1. The number of aryl methyl sites for hydroxylation is 2. The summed E-state index contributed by atoms with van der Waals surface area (Å²) in [6.07, 6.45) is 13.8. The molecule has 0 N–H and O–H groups in total. The summed E-state index contributed by atoms with van der Waals surface area (Å²) in [4.78, 5) is 2.49. The van der Waals surface area contributed by atoms with Gasteiger partial charge in [-0.25, -0.2) is 0 Å². The van der Waals surface area contributed by atoms with Crippen molar-refractivity contribution in [2.45, 2.75) is 39.5 Å². The Balaban J connectivity index is 1.47. The highest BCUT2D eigenvalue weighted by Crippen LogP contribution is 2.47. The van der Waals surface area contributed by atoms with E-state index in [1.54, 1.807) is 0 Å². The van der Waals surface area contributed by atoms with Crippen molar-refractivity contribution in [3.05, 3.63) is 149 Å². The molecule has 0 saturated heterocycles. The van der Waals surface area contributed by atoms with E-state index in [0.717, 1.165) is 25.7 Å². The fourth-order valence-electron chi connectivity index (χ4n) is 7.45. The van der Waals surface area contributed by atoms with Crippen LogP contribution in [0.1, 0.15) is 46.2 Å². The lowest BCUT2D eigenvalue weighted by Gasteiger charge is -2.32. The maximum Gasteiger partial charge on any atom is 0.0506 e. The Bertz CT molecular complexity index is 2070. The van der Waals surface area contributed by atoms with Crippen LogP contribution in [0.2, 0.25) is 0 Å². The summed E-state index contributed by atoms with van der Waals surface area (Å²) in [6, 6.07) is 38.3. The van der Waals surface area contributed by atoms with Crippen LogP contribution in [0.3, 0.4) is 0 Å². The number of benzene rings is 6. The molecule has 0 aliphatic heterocycles. The van der Waals surface area contributed by atoms with Gasteiger partial charge in [0, 0.05) is 11.4 Å². The molecule has 6 aromatic rings. The van der Waals surface area contributed by atoms with Crippen LogP contribution in [0, 0.1) is 13.8 Å². The van der Waals surface area contributed by atoms with Crippen LogP contribution < -0.4 is 4.90 Å². The van der Waals surface area contributed by atoms with E-state index >= 15 is 0 Å². The highest BCUT2D eigenvalue weighted by atomic mass is 15.1.